The minimum absolute atomic E-state index is 0.0560. The van der Waals surface area contributed by atoms with Gasteiger partial charge in [-0.2, -0.15) is 0 Å². The Bertz CT molecular complexity index is 754. The number of nitrogens with zero attached hydrogens (tertiary/aromatic N) is 2. The molecular weight excluding hydrogens is 372 g/mol. The predicted molar refractivity (Wildman–Crippen MR) is 94.7 cm³/mol. The lowest BCUT2D eigenvalue weighted by molar-refractivity contribution is -0.145. The van der Waals surface area contributed by atoms with E-state index in [0.717, 1.165) is 10.0 Å². The summed E-state index contributed by atoms with van der Waals surface area (Å²) in [6.07, 6.45) is 0.243. The van der Waals surface area contributed by atoms with Crippen LogP contribution in [0.25, 0.3) is 11.5 Å². The summed E-state index contributed by atoms with van der Waals surface area (Å²) in [5.74, 6) is 1.28. The van der Waals surface area contributed by atoms with Crippen molar-refractivity contribution in [3.8, 4) is 11.5 Å². The smallest absolute Gasteiger partial charge is 0.229 e. The lowest BCUT2D eigenvalue weighted by Gasteiger charge is -2.42. The zero-order chi connectivity index (χ0) is 17.3. The summed E-state index contributed by atoms with van der Waals surface area (Å²) in [5.41, 5.74) is 1.29. The van der Waals surface area contributed by atoms with Crippen molar-refractivity contribution in [3.05, 3.63) is 40.2 Å². The second-order valence-electron chi connectivity index (χ2n) is 6.62. The Morgan fingerprint density at radius 1 is 1.42 bits per heavy atom. The molecule has 1 fully saturated rings. The number of aromatic nitrogens is 1. The van der Waals surface area contributed by atoms with Crippen molar-refractivity contribution in [1.82, 2.24) is 9.88 Å². The molecule has 0 bridgehead atoms. The highest BCUT2D eigenvalue weighted by Gasteiger charge is 2.34. The van der Waals surface area contributed by atoms with Gasteiger partial charge in [-0.15, -0.1) is 0 Å². The van der Waals surface area contributed by atoms with Crippen LogP contribution < -0.4 is 0 Å². The lowest BCUT2D eigenvalue weighted by Crippen LogP contribution is -2.56. The fourth-order valence-electron chi connectivity index (χ4n) is 2.90. The quantitative estimate of drug-likeness (QED) is 0.800. The number of hydrogen-bond donors (Lipinski definition) is 0. The molecule has 1 aliphatic heterocycles. The second kappa shape index (κ2) is 6.69. The van der Waals surface area contributed by atoms with E-state index < -0.39 is 0 Å². The molecule has 1 aromatic heterocycles. The van der Waals surface area contributed by atoms with Crippen LogP contribution in [0.2, 0.25) is 0 Å². The highest BCUT2D eigenvalue weighted by molar-refractivity contribution is 9.10. The van der Waals surface area contributed by atoms with Crippen LogP contribution in [0.15, 0.2) is 33.2 Å². The molecule has 6 heteroatoms. The highest BCUT2D eigenvalue weighted by atomic mass is 79.9. The summed E-state index contributed by atoms with van der Waals surface area (Å²) < 4.78 is 12.2. The van der Waals surface area contributed by atoms with Crippen LogP contribution in [0.4, 0.5) is 0 Å². The summed E-state index contributed by atoms with van der Waals surface area (Å²) in [4.78, 5) is 19.1. The number of amides is 1. The SMILES string of the molecule is Cc1oc(-c2cccc(Br)c2)nc1CC(=O)N1CCOCC1(C)C. The number of benzene rings is 1. The van der Waals surface area contributed by atoms with Crippen molar-refractivity contribution in [2.45, 2.75) is 32.7 Å². The van der Waals surface area contributed by atoms with Crippen LogP contribution in [0.5, 0.6) is 0 Å². The van der Waals surface area contributed by atoms with Gasteiger partial charge in [0.1, 0.15) is 5.76 Å². The predicted octanol–water partition coefficient (Wildman–Crippen LogP) is 3.59. The molecule has 1 aliphatic rings. The van der Waals surface area contributed by atoms with E-state index in [1.807, 2.05) is 49.9 Å². The fraction of sp³-hybridized carbons (Fsp3) is 0.444. The Kier molecular flexibility index (Phi) is 4.78. The molecule has 1 aromatic carbocycles. The zero-order valence-electron chi connectivity index (χ0n) is 14.1. The standard InChI is InChI=1S/C18H21BrN2O3/c1-12-15(10-16(22)21-7-8-23-11-18(21,2)3)20-17(24-12)13-5-4-6-14(19)9-13/h4-6,9H,7-8,10-11H2,1-3H3. The van der Waals surface area contributed by atoms with Crippen LogP contribution in [0.1, 0.15) is 25.3 Å². The van der Waals surface area contributed by atoms with Gasteiger partial charge in [-0.05, 0) is 39.0 Å². The number of rotatable bonds is 3. The largest absolute Gasteiger partial charge is 0.441 e. The minimum atomic E-state index is -0.292. The molecule has 128 valence electrons. The van der Waals surface area contributed by atoms with Gasteiger partial charge in [0.15, 0.2) is 0 Å². The van der Waals surface area contributed by atoms with Gasteiger partial charge in [-0.1, -0.05) is 22.0 Å². The van der Waals surface area contributed by atoms with Crippen LogP contribution >= 0.6 is 15.9 Å². The molecule has 0 radical (unpaired) electrons. The highest BCUT2D eigenvalue weighted by Crippen LogP contribution is 2.26. The van der Waals surface area contributed by atoms with E-state index >= 15 is 0 Å². The topological polar surface area (TPSA) is 55.6 Å². The fourth-order valence-corrected chi connectivity index (χ4v) is 3.30. The summed E-state index contributed by atoms with van der Waals surface area (Å²) in [6.45, 7) is 7.64. The third-order valence-corrected chi connectivity index (χ3v) is 4.72. The van der Waals surface area contributed by atoms with Crippen molar-refractivity contribution in [1.29, 1.82) is 0 Å². The lowest BCUT2D eigenvalue weighted by atomic mass is 10.0. The molecule has 24 heavy (non-hydrogen) atoms. The van der Waals surface area contributed by atoms with Gasteiger partial charge < -0.3 is 14.1 Å². The molecule has 0 saturated carbocycles. The van der Waals surface area contributed by atoms with E-state index in [0.29, 0.717) is 37.1 Å². The molecule has 3 rings (SSSR count). The van der Waals surface area contributed by atoms with Crippen molar-refractivity contribution in [3.63, 3.8) is 0 Å². The van der Waals surface area contributed by atoms with Crippen molar-refractivity contribution in [2.75, 3.05) is 19.8 Å². The van der Waals surface area contributed by atoms with Gasteiger partial charge in [0, 0.05) is 16.6 Å². The van der Waals surface area contributed by atoms with E-state index in [1.54, 1.807) is 0 Å². The van der Waals surface area contributed by atoms with E-state index in [1.165, 1.54) is 0 Å². The average Bonchev–Trinajstić information content (AvgIpc) is 2.88. The Hall–Kier alpha value is -1.66. The number of ether oxygens (including phenoxy) is 1. The number of carbonyl (C=O) groups is 1. The number of halogens is 1. The second-order valence-corrected chi connectivity index (χ2v) is 7.54. The maximum Gasteiger partial charge on any atom is 0.229 e. The summed E-state index contributed by atoms with van der Waals surface area (Å²) in [5, 5.41) is 0. The van der Waals surface area contributed by atoms with Gasteiger partial charge in [0.2, 0.25) is 11.8 Å². The Morgan fingerprint density at radius 2 is 2.21 bits per heavy atom. The number of carbonyl (C=O) groups excluding carboxylic acids is 1. The van der Waals surface area contributed by atoms with Gasteiger partial charge in [-0.25, -0.2) is 4.98 Å². The molecule has 1 saturated heterocycles. The molecule has 0 unspecified atom stereocenters. The number of hydrogen-bond acceptors (Lipinski definition) is 4. The molecular formula is C18H21BrN2O3. The number of morpholine rings is 1. The van der Waals surface area contributed by atoms with Crippen LogP contribution in [-0.2, 0) is 16.0 Å². The summed E-state index contributed by atoms with van der Waals surface area (Å²) in [7, 11) is 0. The molecule has 0 N–H and O–H groups in total. The first-order valence-electron chi connectivity index (χ1n) is 7.97. The van der Waals surface area contributed by atoms with Crippen LogP contribution in [0.3, 0.4) is 0 Å². The molecule has 1 amide bonds. The molecule has 0 aliphatic carbocycles. The van der Waals surface area contributed by atoms with Crippen molar-refractivity contribution in [2.24, 2.45) is 0 Å². The maximum atomic E-state index is 12.7. The Morgan fingerprint density at radius 3 is 2.92 bits per heavy atom. The van der Waals surface area contributed by atoms with E-state index in [4.69, 9.17) is 9.15 Å². The molecule has 2 heterocycles. The first-order chi connectivity index (χ1) is 11.4. The monoisotopic (exact) mass is 392 g/mol. The normalized spacial score (nSPS) is 17.1. The molecule has 0 spiro atoms. The van der Waals surface area contributed by atoms with Gasteiger partial charge in [-0.3, -0.25) is 4.79 Å². The summed E-state index contributed by atoms with van der Waals surface area (Å²) in [6, 6.07) is 7.76. The minimum Gasteiger partial charge on any atom is -0.441 e. The first kappa shape index (κ1) is 17.2. The Labute approximate surface area is 150 Å². The molecule has 0 atom stereocenters. The Balaban J connectivity index is 1.79. The molecule has 5 nitrogen and oxygen atoms in total. The maximum absolute atomic E-state index is 12.7. The van der Waals surface area contributed by atoms with E-state index in [-0.39, 0.29) is 17.9 Å². The van der Waals surface area contributed by atoms with Gasteiger partial charge in [0.25, 0.3) is 0 Å². The molecule has 2 aromatic rings. The van der Waals surface area contributed by atoms with Gasteiger partial charge in [0.05, 0.1) is 30.9 Å². The average molecular weight is 393 g/mol. The number of aryl methyl sites for hydroxylation is 1. The van der Waals surface area contributed by atoms with Crippen molar-refractivity contribution >= 4 is 21.8 Å². The van der Waals surface area contributed by atoms with Crippen LogP contribution in [-0.4, -0.2) is 41.1 Å². The third kappa shape index (κ3) is 3.54. The zero-order valence-corrected chi connectivity index (χ0v) is 15.7. The summed E-state index contributed by atoms with van der Waals surface area (Å²) >= 11 is 3.45. The van der Waals surface area contributed by atoms with E-state index in [2.05, 4.69) is 20.9 Å². The first-order valence-corrected chi connectivity index (χ1v) is 8.76. The van der Waals surface area contributed by atoms with E-state index in [9.17, 15) is 4.79 Å². The van der Waals surface area contributed by atoms with Crippen LogP contribution in [0, 0.1) is 6.92 Å². The van der Waals surface area contributed by atoms with Crippen molar-refractivity contribution < 1.29 is 13.9 Å². The van der Waals surface area contributed by atoms with Gasteiger partial charge >= 0.3 is 0 Å². The number of oxazole rings is 1. The third-order valence-electron chi connectivity index (χ3n) is 4.23.